The highest BCUT2D eigenvalue weighted by atomic mass is 32.2. The van der Waals surface area contributed by atoms with Gasteiger partial charge >= 0.3 is 0 Å². The van der Waals surface area contributed by atoms with Crippen LogP contribution in [0.25, 0.3) is 0 Å². The number of para-hydroxylation sites is 2. The number of nitrogens with zero attached hydrogens (tertiary/aromatic N) is 2. The van der Waals surface area contributed by atoms with E-state index in [0.717, 1.165) is 71.7 Å². The molecule has 312 valence electrons. The summed E-state index contributed by atoms with van der Waals surface area (Å²) in [4.78, 5) is 6.97. The van der Waals surface area contributed by atoms with Crippen LogP contribution in [-0.4, -0.2) is 75.6 Å². The third-order valence-corrected chi connectivity index (χ3v) is 13.4. The van der Waals surface area contributed by atoms with Gasteiger partial charge in [0.25, 0.3) is 0 Å². The number of halogens is 2. The zero-order valence-electron chi connectivity index (χ0n) is 34.1. The fourth-order valence-electron chi connectivity index (χ4n) is 7.53. The van der Waals surface area contributed by atoms with Crippen LogP contribution in [0, 0.1) is 11.6 Å². The van der Waals surface area contributed by atoms with Crippen molar-refractivity contribution in [2.24, 2.45) is 0 Å². The summed E-state index contributed by atoms with van der Waals surface area (Å²) in [6, 6.07) is 50.6. The molecule has 6 nitrogen and oxygen atoms in total. The maximum atomic E-state index is 13.6. The average Bonchev–Trinajstić information content (AvgIpc) is 3.29. The van der Waals surface area contributed by atoms with Crippen LogP contribution in [0.4, 0.5) is 8.78 Å². The first-order valence-corrected chi connectivity index (χ1v) is 22.1. The fourth-order valence-corrected chi connectivity index (χ4v) is 10.1. The molecule has 8 rings (SSSR count). The number of ether oxygens (including phenoxy) is 4. The average molecular weight is 847 g/mol. The number of methoxy groups -OCH3 is 2. The van der Waals surface area contributed by atoms with Gasteiger partial charge in [-0.2, -0.15) is 0 Å². The first-order valence-electron chi connectivity index (χ1n) is 20.3. The van der Waals surface area contributed by atoms with Crippen molar-refractivity contribution in [3.63, 3.8) is 0 Å². The van der Waals surface area contributed by atoms with Crippen LogP contribution in [0.5, 0.6) is 11.5 Å². The molecule has 0 spiro atoms. The number of hydrogen-bond donors (Lipinski definition) is 0. The molecule has 0 amide bonds. The Bertz CT molecular complexity index is 2030. The largest absolute Gasteiger partial charge is 0.496 e. The standard InChI is InChI=1S/2C25H26FNO2S/c2*1-28-22-9-5-6-10-24(22)30-25(20-11-13-21(26)14-12-20)23-18-27(15-16-29-23)17-19-7-3-2-4-8-19/h2*2-14,23,25H,15-18H2,1H3/t2*23-,25-/m10/s1. The van der Waals surface area contributed by atoms with Crippen LogP contribution in [0.2, 0.25) is 0 Å². The van der Waals surface area contributed by atoms with Gasteiger partial charge in [-0.25, -0.2) is 8.78 Å². The molecule has 0 saturated carbocycles. The van der Waals surface area contributed by atoms with E-state index in [9.17, 15) is 8.78 Å². The number of morpholine rings is 2. The van der Waals surface area contributed by atoms with E-state index < -0.39 is 0 Å². The first kappa shape index (κ1) is 43.4. The lowest BCUT2D eigenvalue weighted by molar-refractivity contribution is -0.0321. The lowest BCUT2D eigenvalue weighted by Gasteiger charge is -2.37. The molecule has 6 aromatic carbocycles. The maximum Gasteiger partial charge on any atom is 0.132 e. The van der Waals surface area contributed by atoms with Crippen molar-refractivity contribution in [3.05, 3.63) is 192 Å². The van der Waals surface area contributed by atoms with E-state index in [1.54, 1.807) is 37.7 Å². The summed E-state index contributed by atoms with van der Waals surface area (Å²) in [5, 5.41) is 0.0564. The third kappa shape index (κ3) is 12.2. The molecule has 2 saturated heterocycles. The van der Waals surface area contributed by atoms with Crippen LogP contribution in [-0.2, 0) is 22.6 Å². The van der Waals surface area contributed by atoms with Gasteiger partial charge < -0.3 is 18.9 Å². The smallest absolute Gasteiger partial charge is 0.132 e. The molecule has 0 aromatic heterocycles. The molecule has 0 bridgehead atoms. The van der Waals surface area contributed by atoms with Crippen molar-refractivity contribution in [3.8, 4) is 11.5 Å². The Morgan fingerprint density at radius 3 is 1.27 bits per heavy atom. The second-order valence-corrected chi connectivity index (χ2v) is 17.1. The molecule has 6 aromatic rings. The Hall–Kier alpha value is -4.68. The van der Waals surface area contributed by atoms with Gasteiger partial charge in [-0.05, 0) is 70.8 Å². The summed E-state index contributed by atoms with van der Waals surface area (Å²) in [5.74, 6) is 1.23. The zero-order valence-corrected chi connectivity index (χ0v) is 35.7. The molecule has 2 heterocycles. The van der Waals surface area contributed by atoms with E-state index in [1.807, 2.05) is 72.8 Å². The molecule has 0 radical (unpaired) electrons. The number of thioether (sulfide) groups is 2. The molecule has 2 aliphatic heterocycles. The van der Waals surface area contributed by atoms with Gasteiger partial charge in [0, 0.05) is 39.3 Å². The molecule has 2 aliphatic rings. The van der Waals surface area contributed by atoms with E-state index in [4.69, 9.17) is 18.9 Å². The fraction of sp³-hybridized carbons (Fsp3) is 0.280. The highest BCUT2D eigenvalue weighted by Gasteiger charge is 2.32. The van der Waals surface area contributed by atoms with Gasteiger partial charge in [0.2, 0.25) is 0 Å². The van der Waals surface area contributed by atoms with Crippen molar-refractivity contribution >= 4 is 23.5 Å². The molecule has 0 N–H and O–H groups in total. The second-order valence-electron chi connectivity index (χ2n) is 14.7. The van der Waals surface area contributed by atoms with Gasteiger partial charge in [-0.15, -0.1) is 23.5 Å². The van der Waals surface area contributed by atoms with Gasteiger partial charge in [-0.3, -0.25) is 9.80 Å². The molecular weight excluding hydrogens is 795 g/mol. The Morgan fingerprint density at radius 1 is 0.517 bits per heavy atom. The lowest BCUT2D eigenvalue weighted by atomic mass is 10.1. The molecular formula is C50H52F2N2O4S2. The first-order chi connectivity index (χ1) is 29.4. The van der Waals surface area contributed by atoms with E-state index >= 15 is 0 Å². The summed E-state index contributed by atoms with van der Waals surface area (Å²) >= 11 is 3.43. The number of benzene rings is 6. The van der Waals surface area contributed by atoms with Crippen molar-refractivity contribution in [2.75, 3.05) is 53.6 Å². The Kier molecular flexibility index (Phi) is 16.1. The van der Waals surface area contributed by atoms with Gasteiger partial charge in [0.05, 0.1) is 59.9 Å². The topological polar surface area (TPSA) is 43.4 Å². The minimum atomic E-state index is -0.227. The molecule has 0 unspecified atom stereocenters. The normalized spacial score (nSPS) is 18.1. The summed E-state index contributed by atoms with van der Waals surface area (Å²) in [5.41, 5.74) is 4.71. The molecule has 60 heavy (non-hydrogen) atoms. The summed E-state index contributed by atoms with van der Waals surface area (Å²) < 4.78 is 50.7. The van der Waals surface area contributed by atoms with E-state index in [1.165, 1.54) is 35.4 Å². The monoisotopic (exact) mass is 846 g/mol. The SMILES string of the molecule is COc1ccccc1S[C@@H](c1ccc(F)cc1)[C@@H]1CN(Cc2ccccc2)CCO1.COc1ccccc1S[C@H](c1ccc(F)cc1)[C@H]1CN(Cc2ccccc2)CCO1. The lowest BCUT2D eigenvalue weighted by Crippen LogP contribution is -2.44. The molecule has 4 atom stereocenters. The highest BCUT2D eigenvalue weighted by molar-refractivity contribution is 8.00. The minimum Gasteiger partial charge on any atom is -0.496 e. The minimum absolute atomic E-state index is 0.0113. The Balaban J connectivity index is 0.000000181. The summed E-state index contributed by atoms with van der Waals surface area (Å²) in [6.07, 6.45) is -0.0225. The Morgan fingerprint density at radius 2 is 0.883 bits per heavy atom. The number of rotatable bonds is 14. The van der Waals surface area contributed by atoms with Gasteiger partial charge in [0.1, 0.15) is 23.1 Å². The van der Waals surface area contributed by atoms with Gasteiger partial charge in [0.15, 0.2) is 0 Å². The van der Waals surface area contributed by atoms with Gasteiger partial charge in [-0.1, -0.05) is 109 Å². The quantitative estimate of drug-likeness (QED) is 0.100. The van der Waals surface area contributed by atoms with Crippen LogP contribution in [0.15, 0.2) is 168 Å². The highest BCUT2D eigenvalue weighted by Crippen LogP contribution is 2.45. The molecule has 0 aliphatic carbocycles. The van der Waals surface area contributed by atoms with E-state index in [0.29, 0.717) is 13.2 Å². The van der Waals surface area contributed by atoms with Crippen molar-refractivity contribution < 1.29 is 27.7 Å². The van der Waals surface area contributed by atoms with Crippen LogP contribution in [0.3, 0.4) is 0 Å². The van der Waals surface area contributed by atoms with Crippen molar-refractivity contribution in [1.82, 2.24) is 9.80 Å². The second kappa shape index (κ2) is 22.2. The summed E-state index contributed by atoms with van der Waals surface area (Å²) in [6.45, 7) is 6.61. The van der Waals surface area contributed by atoms with Crippen molar-refractivity contribution in [2.45, 2.75) is 45.6 Å². The van der Waals surface area contributed by atoms with Crippen LogP contribution in [0.1, 0.15) is 32.8 Å². The Labute approximate surface area is 361 Å². The van der Waals surface area contributed by atoms with Crippen LogP contribution >= 0.6 is 23.5 Å². The predicted octanol–water partition coefficient (Wildman–Crippen LogP) is 11.1. The maximum absolute atomic E-state index is 13.6. The van der Waals surface area contributed by atoms with E-state index in [2.05, 4.69) is 70.5 Å². The molecule has 10 heteroatoms. The van der Waals surface area contributed by atoms with Crippen LogP contribution < -0.4 is 9.47 Å². The van der Waals surface area contributed by atoms with E-state index in [-0.39, 0.29) is 34.3 Å². The third-order valence-electron chi connectivity index (χ3n) is 10.6. The van der Waals surface area contributed by atoms with Crippen molar-refractivity contribution in [1.29, 1.82) is 0 Å². The predicted molar refractivity (Wildman–Crippen MR) is 239 cm³/mol. The zero-order chi connectivity index (χ0) is 41.5. The number of hydrogen-bond acceptors (Lipinski definition) is 8. The summed E-state index contributed by atoms with van der Waals surface area (Å²) in [7, 11) is 3.37. The molecule has 2 fully saturated rings.